The summed E-state index contributed by atoms with van der Waals surface area (Å²) in [6.45, 7) is 0. The van der Waals surface area contributed by atoms with Crippen LogP contribution in [-0.4, -0.2) is 11.1 Å². The zero-order chi connectivity index (χ0) is 10.4. The van der Waals surface area contributed by atoms with Gasteiger partial charge in [-0.1, -0.05) is 6.42 Å². The second kappa shape index (κ2) is 6.19. The summed E-state index contributed by atoms with van der Waals surface area (Å²) in [7, 11) is 0. The molecule has 0 aliphatic carbocycles. The molecule has 0 aromatic carbocycles. The molecule has 0 saturated carbocycles. The van der Waals surface area contributed by atoms with E-state index in [1.54, 1.807) is 11.3 Å². The number of carbonyl (C=O) groups is 1. The fourth-order valence-electron chi connectivity index (χ4n) is 1.24. The van der Waals surface area contributed by atoms with E-state index in [4.69, 9.17) is 5.11 Å². The number of halogens is 1. The molecule has 0 spiro atoms. The van der Waals surface area contributed by atoms with Gasteiger partial charge in [0.25, 0.3) is 0 Å². The molecule has 1 aromatic heterocycles. The molecule has 0 unspecified atom stereocenters. The first-order valence-electron chi connectivity index (χ1n) is 4.64. The molecule has 1 N–H and O–H groups in total. The maximum atomic E-state index is 10.2. The Hall–Kier alpha value is -0.350. The van der Waals surface area contributed by atoms with Crippen molar-refractivity contribution >= 4 is 33.2 Å². The highest BCUT2D eigenvalue weighted by Crippen LogP contribution is 2.24. The number of thiophene rings is 1. The van der Waals surface area contributed by atoms with E-state index in [2.05, 4.69) is 27.4 Å². The van der Waals surface area contributed by atoms with E-state index in [9.17, 15) is 4.79 Å². The normalized spacial score (nSPS) is 10.4. The summed E-state index contributed by atoms with van der Waals surface area (Å²) in [4.78, 5) is 11.6. The third-order valence-electron chi connectivity index (χ3n) is 1.99. The molecular formula is C10H13BrO2S. The first-order chi connectivity index (χ1) is 6.70. The second-order valence-electron chi connectivity index (χ2n) is 3.15. The lowest BCUT2D eigenvalue weighted by atomic mass is 10.1. The smallest absolute Gasteiger partial charge is 0.303 e. The van der Waals surface area contributed by atoms with E-state index in [0.29, 0.717) is 6.42 Å². The SMILES string of the molecule is O=C(O)CCCCCc1sccc1Br. The van der Waals surface area contributed by atoms with E-state index in [-0.39, 0.29) is 0 Å². The summed E-state index contributed by atoms with van der Waals surface area (Å²) >= 11 is 5.23. The summed E-state index contributed by atoms with van der Waals surface area (Å²) in [5, 5.41) is 10.5. The van der Waals surface area contributed by atoms with Crippen LogP contribution >= 0.6 is 27.3 Å². The minimum atomic E-state index is -0.692. The first kappa shape index (κ1) is 11.7. The van der Waals surface area contributed by atoms with Gasteiger partial charge in [0.2, 0.25) is 0 Å². The van der Waals surface area contributed by atoms with Gasteiger partial charge in [0.15, 0.2) is 0 Å². The Kier molecular flexibility index (Phi) is 5.19. The molecule has 0 aliphatic rings. The monoisotopic (exact) mass is 276 g/mol. The van der Waals surface area contributed by atoms with Crippen LogP contribution in [0.3, 0.4) is 0 Å². The minimum Gasteiger partial charge on any atom is -0.481 e. The molecule has 0 amide bonds. The van der Waals surface area contributed by atoms with Gasteiger partial charge in [-0.15, -0.1) is 11.3 Å². The van der Waals surface area contributed by atoms with Crippen LogP contribution in [0.5, 0.6) is 0 Å². The zero-order valence-electron chi connectivity index (χ0n) is 7.83. The predicted octanol–water partition coefficient (Wildman–Crippen LogP) is 3.70. The number of aryl methyl sites for hydroxylation is 1. The van der Waals surface area contributed by atoms with Gasteiger partial charge >= 0.3 is 5.97 Å². The van der Waals surface area contributed by atoms with Crippen LogP contribution in [0.1, 0.15) is 30.6 Å². The van der Waals surface area contributed by atoms with Crippen molar-refractivity contribution in [2.45, 2.75) is 32.1 Å². The van der Waals surface area contributed by atoms with Gasteiger partial charge in [-0.2, -0.15) is 0 Å². The van der Waals surface area contributed by atoms with Crippen molar-refractivity contribution in [2.75, 3.05) is 0 Å². The molecule has 2 nitrogen and oxygen atoms in total. The lowest BCUT2D eigenvalue weighted by Crippen LogP contribution is -1.93. The largest absolute Gasteiger partial charge is 0.481 e. The van der Waals surface area contributed by atoms with Gasteiger partial charge in [-0.25, -0.2) is 0 Å². The Labute approximate surface area is 96.1 Å². The highest BCUT2D eigenvalue weighted by molar-refractivity contribution is 9.10. The molecule has 1 aromatic rings. The number of carboxylic acid groups (broad SMARTS) is 1. The number of hydrogen-bond acceptors (Lipinski definition) is 2. The average Bonchev–Trinajstić information content (AvgIpc) is 2.51. The van der Waals surface area contributed by atoms with Crippen molar-refractivity contribution in [1.29, 1.82) is 0 Å². The van der Waals surface area contributed by atoms with E-state index < -0.39 is 5.97 Å². The zero-order valence-corrected chi connectivity index (χ0v) is 10.2. The molecule has 0 radical (unpaired) electrons. The topological polar surface area (TPSA) is 37.3 Å². The summed E-state index contributed by atoms with van der Waals surface area (Å²) in [6, 6.07) is 2.05. The van der Waals surface area contributed by atoms with Crippen molar-refractivity contribution in [3.05, 3.63) is 20.8 Å². The highest BCUT2D eigenvalue weighted by Gasteiger charge is 2.01. The van der Waals surface area contributed by atoms with Crippen molar-refractivity contribution in [3.8, 4) is 0 Å². The second-order valence-corrected chi connectivity index (χ2v) is 5.00. The number of hydrogen-bond donors (Lipinski definition) is 1. The fraction of sp³-hybridized carbons (Fsp3) is 0.500. The fourth-order valence-corrected chi connectivity index (χ4v) is 2.84. The number of unbranched alkanes of at least 4 members (excludes halogenated alkanes) is 2. The van der Waals surface area contributed by atoms with Crippen LogP contribution in [0, 0.1) is 0 Å². The third-order valence-corrected chi connectivity index (χ3v) is 3.97. The molecule has 1 rings (SSSR count). The van der Waals surface area contributed by atoms with Crippen LogP contribution in [0.25, 0.3) is 0 Å². The standard InChI is InChI=1S/C10H13BrO2S/c11-8-6-7-14-9(8)4-2-1-3-5-10(12)13/h6-7H,1-5H2,(H,12,13). The van der Waals surface area contributed by atoms with E-state index >= 15 is 0 Å². The van der Waals surface area contributed by atoms with E-state index in [1.165, 1.54) is 9.35 Å². The van der Waals surface area contributed by atoms with Crippen LogP contribution < -0.4 is 0 Å². The van der Waals surface area contributed by atoms with Gasteiger partial charge in [0.05, 0.1) is 0 Å². The first-order valence-corrected chi connectivity index (χ1v) is 6.31. The molecule has 4 heteroatoms. The Balaban J connectivity index is 2.10. The molecule has 0 fully saturated rings. The Bertz CT molecular complexity index is 296. The number of aliphatic carboxylic acids is 1. The summed E-state index contributed by atoms with van der Waals surface area (Å²) in [5.74, 6) is -0.692. The quantitative estimate of drug-likeness (QED) is 0.805. The van der Waals surface area contributed by atoms with Crippen LogP contribution in [0.2, 0.25) is 0 Å². The maximum absolute atomic E-state index is 10.2. The Morgan fingerprint density at radius 2 is 2.21 bits per heavy atom. The van der Waals surface area contributed by atoms with Gasteiger partial charge in [-0.05, 0) is 46.6 Å². The molecular weight excluding hydrogens is 264 g/mol. The Morgan fingerprint density at radius 3 is 2.79 bits per heavy atom. The average molecular weight is 277 g/mol. The van der Waals surface area contributed by atoms with Crippen LogP contribution in [0.15, 0.2) is 15.9 Å². The highest BCUT2D eigenvalue weighted by atomic mass is 79.9. The van der Waals surface area contributed by atoms with Gasteiger partial charge in [0, 0.05) is 15.8 Å². The Morgan fingerprint density at radius 1 is 1.43 bits per heavy atom. The summed E-state index contributed by atoms with van der Waals surface area (Å²) in [5.41, 5.74) is 0. The van der Waals surface area contributed by atoms with Crippen molar-refractivity contribution in [3.63, 3.8) is 0 Å². The lowest BCUT2D eigenvalue weighted by molar-refractivity contribution is -0.137. The molecule has 0 aliphatic heterocycles. The van der Waals surface area contributed by atoms with Gasteiger partial charge < -0.3 is 5.11 Å². The number of carboxylic acids is 1. The molecule has 0 atom stereocenters. The third kappa shape index (κ3) is 4.24. The van der Waals surface area contributed by atoms with E-state index in [0.717, 1.165) is 25.7 Å². The molecule has 14 heavy (non-hydrogen) atoms. The van der Waals surface area contributed by atoms with E-state index in [1.807, 2.05) is 0 Å². The van der Waals surface area contributed by atoms with Crippen molar-refractivity contribution in [2.24, 2.45) is 0 Å². The summed E-state index contributed by atoms with van der Waals surface area (Å²) < 4.78 is 1.18. The maximum Gasteiger partial charge on any atom is 0.303 e. The van der Waals surface area contributed by atoms with Crippen LogP contribution in [0.4, 0.5) is 0 Å². The predicted molar refractivity (Wildman–Crippen MR) is 61.8 cm³/mol. The number of rotatable bonds is 6. The molecule has 1 heterocycles. The minimum absolute atomic E-state index is 0.297. The van der Waals surface area contributed by atoms with Gasteiger partial charge in [-0.3, -0.25) is 4.79 Å². The molecule has 0 saturated heterocycles. The molecule has 0 bridgehead atoms. The molecule has 78 valence electrons. The summed E-state index contributed by atoms with van der Waals surface area (Å²) in [6.07, 6.45) is 4.21. The van der Waals surface area contributed by atoms with Crippen molar-refractivity contribution < 1.29 is 9.90 Å². The van der Waals surface area contributed by atoms with Crippen molar-refractivity contribution in [1.82, 2.24) is 0 Å². The lowest BCUT2D eigenvalue weighted by Gasteiger charge is -1.98. The van der Waals surface area contributed by atoms with Crippen LogP contribution in [-0.2, 0) is 11.2 Å². The van der Waals surface area contributed by atoms with Gasteiger partial charge in [0.1, 0.15) is 0 Å².